The molecule has 5 nitrogen and oxygen atoms in total. The highest BCUT2D eigenvalue weighted by molar-refractivity contribution is 7.84. The molecule has 1 aliphatic carbocycles. The van der Waals surface area contributed by atoms with E-state index >= 15 is 0 Å². The van der Waals surface area contributed by atoms with Crippen LogP contribution < -0.4 is 4.90 Å². The van der Waals surface area contributed by atoms with Gasteiger partial charge in [-0.05, 0) is 51.0 Å². The van der Waals surface area contributed by atoms with Crippen molar-refractivity contribution < 1.29 is 0 Å². The van der Waals surface area contributed by atoms with E-state index in [1.165, 1.54) is 41.5 Å². The Balaban J connectivity index is 1.47. The van der Waals surface area contributed by atoms with Gasteiger partial charge in [-0.1, -0.05) is 6.08 Å². The topological polar surface area (TPSA) is 44.6 Å². The molecule has 4 rings (SSSR count). The molecule has 0 N–H and O–H groups in total. The number of piperazine rings is 1. The Hall–Kier alpha value is -1.66. The van der Waals surface area contributed by atoms with Crippen molar-refractivity contribution in [1.82, 2.24) is 14.9 Å². The number of hydrogen-bond donors (Lipinski definition) is 1. The quantitative estimate of drug-likeness (QED) is 0.605. The number of aliphatic imine (C=N–C) groups is 1. The molecule has 0 atom stereocenters. The Morgan fingerprint density at radius 3 is 2.82 bits per heavy atom. The molecule has 0 amide bonds. The molecule has 28 heavy (non-hydrogen) atoms. The zero-order valence-electron chi connectivity index (χ0n) is 16.6. The lowest BCUT2D eigenvalue weighted by atomic mass is 9.97. The van der Waals surface area contributed by atoms with Gasteiger partial charge in [-0.2, -0.15) is 0 Å². The summed E-state index contributed by atoms with van der Waals surface area (Å²) in [7, 11) is 0. The Morgan fingerprint density at radius 2 is 2.04 bits per heavy atom. The molecule has 0 unspecified atom stereocenters. The largest absolute Gasteiger partial charge is 0.353 e. The van der Waals surface area contributed by atoms with Crippen LogP contribution in [0.25, 0.3) is 10.2 Å². The second-order valence-corrected chi connectivity index (χ2v) is 9.08. The first kappa shape index (κ1) is 19.6. The lowest BCUT2D eigenvalue weighted by Crippen LogP contribution is -2.47. The summed E-state index contributed by atoms with van der Waals surface area (Å²) in [5.74, 6) is 4.18. The third kappa shape index (κ3) is 4.18. The fraction of sp³-hybridized carbons (Fsp3) is 0.524. The number of aryl methyl sites for hydroxylation is 2. The summed E-state index contributed by atoms with van der Waals surface area (Å²) < 4.78 is 0. The number of fused-ring (bicyclic) bond motifs is 3. The average molecular weight is 414 g/mol. The van der Waals surface area contributed by atoms with Crippen LogP contribution in [-0.4, -0.2) is 53.5 Å². The smallest absolute Gasteiger partial charge is 0.141 e. The highest BCUT2D eigenvalue weighted by Crippen LogP contribution is 2.39. The minimum absolute atomic E-state index is 0.796. The van der Waals surface area contributed by atoms with Crippen molar-refractivity contribution in [3.63, 3.8) is 0 Å². The first-order valence-corrected chi connectivity index (χ1v) is 11.3. The van der Waals surface area contributed by atoms with Crippen LogP contribution in [-0.2, 0) is 12.8 Å². The predicted molar refractivity (Wildman–Crippen MR) is 122 cm³/mol. The van der Waals surface area contributed by atoms with E-state index in [2.05, 4.69) is 38.3 Å². The van der Waals surface area contributed by atoms with Crippen molar-refractivity contribution in [3.05, 3.63) is 33.4 Å². The molecule has 0 aromatic carbocycles. The van der Waals surface area contributed by atoms with E-state index in [9.17, 15) is 0 Å². The summed E-state index contributed by atoms with van der Waals surface area (Å²) in [6.45, 7) is 8.68. The molecular weight excluding hydrogens is 386 g/mol. The van der Waals surface area contributed by atoms with Gasteiger partial charge in [-0.15, -0.1) is 24.0 Å². The maximum Gasteiger partial charge on any atom is 0.141 e. The Morgan fingerprint density at radius 1 is 1.25 bits per heavy atom. The molecule has 0 bridgehead atoms. The van der Waals surface area contributed by atoms with E-state index in [0.717, 1.165) is 54.0 Å². The van der Waals surface area contributed by atoms with Crippen LogP contribution in [0.3, 0.4) is 0 Å². The minimum Gasteiger partial charge on any atom is -0.353 e. The fourth-order valence-electron chi connectivity index (χ4n) is 3.90. The summed E-state index contributed by atoms with van der Waals surface area (Å²) in [4.78, 5) is 22.0. The number of allylic oxidation sites excluding steroid dienone is 2. The number of aromatic nitrogens is 2. The fourth-order valence-corrected chi connectivity index (χ4v) is 5.37. The summed E-state index contributed by atoms with van der Waals surface area (Å²) in [5, 5.41) is 1.32. The summed E-state index contributed by atoms with van der Waals surface area (Å²) in [6.07, 6.45) is 8.67. The van der Waals surface area contributed by atoms with Crippen molar-refractivity contribution in [1.29, 1.82) is 0 Å². The van der Waals surface area contributed by atoms with Gasteiger partial charge in [0.2, 0.25) is 0 Å². The van der Waals surface area contributed by atoms with Gasteiger partial charge in [0.1, 0.15) is 17.0 Å². The van der Waals surface area contributed by atoms with E-state index < -0.39 is 0 Å². The van der Waals surface area contributed by atoms with Gasteiger partial charge in [0.05, 0.1) is 10.3 Å². The van der Waals surface area contributed by atoms with Crippen LogP contribution in [0, 0.1) is 0 Å². The van der Waals surface area contributed by atoms with Crippen LogP contribution in [0.4, 0.5) is 5.82 Å². The standard InChI is InChI=1S/C21H27N5S2/c1-3-15(2)22-12-16(27)13-25-8-10-26(11-9-25)20-19-17-6-4-5-7-18(17)28-21(19)24-14-23-20/h3,14,27H,4-11,13H2,1-2H3/b15-3-. The first-order valence-electron chi connectivity index (χ1n) is 10.0. The van der Waals surface area contributed by atoms with Crippen molar-refractivity contribution in [2.75, 3.05) is 37.6 Å². The van der Waals surface area contributed by atoms with Crippen molar-refractivity contribution in [2.24, 2.45) is 4.99 Å². The van der Waals surface area contributed by atoms with E-state index in [1.807, 2.05) is 31.3 Å². The molecular formula is C21H27N5S2. The molecule has 1 saturated heterocycles. The molecule has 2 aromatic heterocycles. The summed E-state index contributed by atoms with van der Waals surface area (Å²) >= 11 is 6.42. The maximum atomic E-state index is 4.70. The molecule has 0 saturated carbocycles. The zero-order chi connectivity index (χ0) is 19.5. The third-order valence-corrected chi connectivity index (χ3v) is 7.00. The van der Waals surface area contributed by atoms with Gasteiger partial charge in [0.15, 0.2) is 0 Å². The minimum atomic E-state index is 0.796. The lowest BCUT2D eigenvalue weighted by molar-refractivity contribution is 0.282. The number of anilines is 1. The molecule has 0 spiro atoms. The Bertz CT molecular complexity index is 947. The number of nitrogens with zero attached hydrogens (tertiary/aromatic N) is 5. The summed E-state index contributed by atoms with van der Waals surface area (Å²) in [6, 6.07) is 0. The van der Waals surface area contributed by atoms with E-state index in [0.29, 0.717) is 0 Å². The molecule has 1 fully saturated rings. The Kier molecular flexibility index (Phi) is 6.16. The molecule has 7 heteroatoms. The molecule has 3 heterocycles. The van der Waals surface area contributed by atoms with Gasteiger partial charge in [0, 0.05) is 43.3 Å². The van der Waals surface area contributed by atoms with Crippen LogP contribution in [0.2, 0.25) is 0 Å². The molecule has 2 aliphatic rings. The zero-order valence-corrected chi connectivity index (χ0v) is 18.3. The summed E-state index contributed by atoms with van der Waals surface area (Å²) in [5.41, 5.74) is 2.48. The van der Waals surface area contributed by atoms with Crippen molar-refractivity contribution in [2.45, 2.75) is 39.5 Å². The van der Waals surface area contributed by atoms with Crippen LogP contribution >= 0.6 is 24.0 Å². The lowest BCUT2D eigenvalue weighted by Gasteiger charge is -2.35. The van der Waals surface area contributed by atoms with E-state index in [1.54, 1.807) is 6.33 Å². The van der Waals surface area contributed by atoms with Crippen molar-refractivity contribution >= 4 is 45.9 Å². The predicted octanol–water partition coefficient (Wildman–Crippen LogP) is 4.10. The average Bonchev–Trinajstić information content (AvgIpc) is 3.11. The monoisotopic (exact) mass is 413 g/mol. The normalized spacial score (nSPS) is 18.1. The van der Waals surface area contributed by atoms with Crippen LogP contribution in [0.1, 0.15) is 37.1 Å². The number of thiol groups is 1. The van der Waals surface area contributed by atoms with Crippen LogP contribution in [0.5, 0.6) is 0 Å². The van der Waals surface area contributed by atoms with Gasteiger partial charge in [-0.25, -0.2) is 15.0 Å². The molecule has 1 aliphatic heterocycles. The SMILES string of the molecule is C/C=C(/C)N=C=C(S)CN1CCN(c2ncnc3sc4c(c23)CCCC4)CC1. The third-order valence-electron chi connectivity index (χ3n) is 5.56. The number of hydrogen-bond acceptors (Lipinski definition) is 7. The second kappa shape index (κ2) is 8.78. The highest BCUT2D eigenvalue weighted by atomic mass is 32.1. The molecule has 2 aromatic rings. The van der Waals surface area contributed by atoms with Gasteiger partial charge in [0.25, 0.3) is 0 Å². The molecule has 148 valence electrons. The number of thiophene rings is 1. The number of rotatable bonds is 4. The van der Waals surface area contributed by atoms with E-state index in [4.69, 9.17) is 4.98 Å². The highest BCUT2D eigenvalue weighted by Gasteiger charge is 2.25. The Labute approximate surface area is 176 Å². The first-order chi connectivity index (χ1) is 13.7. The van der Waals surface area contributed by atoms with E-state index in [-0.39, 0.29) is 0 Å². The molecule has 0 radical (unpaired) electrons. The van der Waals surface area contributed by atoms with Gasteiger partial charge >= 0.3 is 0 Å². The van der Waals surface area contributed by atoms with Crippen LogP contribution in [0.15, 0.2) is 28.0 Å². The van der Waals surface area contributed by atoms with Gasteiger partial charge in [-0.3, -0.25) is 4.90 Å². The van der Waals surface area contributed by atoms with Crippen molar-refractivity contribution in [3.8, 4) is 0 Å². The second-order valence-electron chi connectivity index (χ2n) is 7.45. The van der Waals surface area contributed by atoms with Gasteiger partial charge < -0.3 is 4.90 Å². The maximum absolute atomic E-state index is 4.70.